The summed E-state index contributed by atoms with van der Waals surface area (Å²) in [5, 5.41) is 1.03. The van der Waals surface area contributed by atoms with E-state index in [9.17, 15) is 9.59 Å². The number of hydrogen-bond acceptors (Lipinski definition) is 7. The molecule has 8 nitrogen and oxygen atoms in total. The third-order valence-corrected chi connectivity index (χ3v) is 7.77. The zero-order valence-electron chi connectivity index (χ0n) is 21.7. The van der Waals surface area contributed by atoms with E-state index in [4.69, 9.17) is 14.5 Å². The van der Waals surface area contributed by atoms with Crippen LogP contribution in [0.25, 0.3) is 28.4 Å². The first-order valence-corrected chi connectivity index (χ1v) is 13.3. The second kappa shape index (κ2) is 10.6. The highest BCUT2D eigenvalue weighted by Crippen LogP contribution is 2.46. The van der Waals surface area contributed by atoms with Gasteiger partial charge in [0.15, 0.2) is 0 Å². The number of benzene rings is 1. The number of nitrogens with zero attached hydrogens (tertiary/aromatic N) is 3. The highest BCUT2D eigenvalue weighted by molar-refractivity contribution is 7.95. The van der Waals surface area contributed by atoms with Gasteiger partial charge in [0.1, 0.15) is 17.1 Å². The molecule has 0 atom stereocenters. The van der Waals surface area contributed by atoms with Crippen LogP contribution >= 0.6 is 12.1 Å². The Kier molecular flexibility index (Phi) is 7.26. The molecule has 0 unspecified atom stereocenters. The highest BCUT2D eigenvalue weighted by Gasteiger charge is 2.31. The van der Waals surface area contributed by atoms with Crippen molar-refractivity contribution < 1.29 is 19.1 Å². The number of rotatable bonds is 6. The maximum atomic E-state index is 12.9. The van der Waals surface area contributed by atoms with Crippen LogP contribution in [-0.4, -0.2) is 54.0 Å². The van der Waals surface area contributed by atoms with Crippen molar-refractivity contribution in [1.29, 1.82) is 0 Å². The molecule has 0 saturated heterocycles. The van der Waals surface area contributed by atoms with Crippen LogP contribution in [0.1, 0.15) is 59.6 Å². The van der Waals surface area contributed by atoms with Gasteiger partial charge < -0.3 is 14.0 Å². The van der Waals surface area contributed by atoms with E-state index in [1.807, 2.05) is 38.4 Å². The summed E-state index contributed by atoms with van der Waals surface area (Å²) < 4.78 is 17.4. The van der Waals surface area contributed by atoms with Crippen molar-refractivity contribution in [3.05, 3.63) is 52.7 Å². The number of carbonyl (C=O) groups excluding carboxylic acids is 2. The van der Waals surface area contributed by atoms with Gasteiger partial charge >= 0.3 is 5.97 Å². The second-order valence-corrected chi connectivity index (χ2v) is 10.8. The molecule has 0 spiro atoms. The van der Waals surface area contributed by atoms with Crippen LogP contribution in [-0.2, 0) is 16.1 Å². The summed E-state index contributed by atoms with van der Waals surface area (Å²) in [7, 11) is 6.75. The molecule has 5 rings (SSSR count). The summed E-state index contributed by atoms with van der Waals surface area (Å²) in [4.78, 5) is 30.6. The topological polar surface area (TPSA) is 85.7 Å². The second-order valence-electron chi connectivity index (χ2n) is 9.70. The van der Waals surface area contributed by atoms with Crippen molar-refractivity contribution in [2.24, 2.45) is 0 Å². The van der Waals surface area contributed by atoms with Crippen molar-refractivity contribution in [1.82, 2.24) is 18.6 Å². The molecule has 1 fully saturated rings. The lowest BCUT2D eigenvalue weighted by Gasteiger charge is -2.23. The number of amides is 1. The average molecular weight is 521 g/mol. The average Bonchev–Trinajstić information content (AvgIpc) is 3.13. The van der Waals surface area contributed by atoms with Crippen molar-refractivity contribution in [3.8, 4) is 17.0 Å². The van der Waals surface area contributed by atoms with Crippen molar-refractivity contribution in [2.75, 3.05) is 28.3 Å². The van der Waals surface area contributed by atoms with E-state index in [2.05, 4.69) is 15.4 Å². The molecule has 37 heavy (non-hydrogen) atoms. The normalized spacial score (nSPS) is 15.5. The Bertz CT molecular complexity index is 1390. The van der Waals surface area contributed by atoms with Crippen molar-refractivity contribution >= 4 is 41.1 Å². The molecule has 1 aliphatic carbocycles. The fourth-order valence-electron chi connectivity index (χ4n) is 5.46. The van der Waals surface area contributed by atoms with Crippen LogP contribution in [0.2, 0.25) is 0 Å². The predicted octanol–water partition coefficient (Wildman–Crippen LogP) is 5.18. The Morgan fingerprint density at radius 3 is 2.59 bits per heavy atom. The minimum Gasteiger partial charge on any atom is -0.497 e. The van der Waals surface area contributed by atoms with Crippen LogP contribution in [0.5, 0.6) is 5.75 Å². The molecule has 2 aliphatic rings. The maximum absolute atomic E-state index is 12.9. The minimum atomic E-state index is -0.390. The SMILES string of the molecule is COC(=O)C1=Cc2cc(OC)ccc2-c2c(C3CCCCC3)c3ccc(C(=O)NSN(C)C)nc3n2C1. The Morgan fingerprint density at radius 1 is 1.11 bits per heavy atom. The first-order chi connectivity index (χ1) is 17.9. The van der Waals surface area contributed by atoms with Gasteiger partial charge in [-0.15, -0.1) is 0 Å². The minimum absolute atomic E-state index is 0.266. The van der Waals surface area contributed by atoms with Gasteiger partial charge in [-0.25, -0.2) is 14.1 Å². The van der Waals surface area contributed by atoms with Crippen LogP contribution in [0.4, 0.5) is 0 Å². The van der Waals surface area contributed by atoms with Gasteiger partial charge in [-0.3, -0.25) is 9.52 Å². The van der Waals surface area contributed by atoms with E-state index < -0.39 is 0 Å². The molecule has 1 aromatic carbocycles. The molecule has 194 valence electrons. The molecule has 1 aliphatic heterocycles. The van der Waals surface area contributed by atoms with Gasteiger partial charge in [0, 0.05) is 23.1 Å². The number of esters is 1. The Morgan fingerprint density at radius 2 is 1.89 bits per heavy atom. The molecule has 0 radical (unpaired) electrons. The van der Waals surface area contributed by atoms with E-state index in [0.717, 1.165) is 40.8 Å². The van der Waals surface area contributed by atoms with Crippen LogP contribution in [0.15, 0.2) is 35.9 Å². The Hall–Kier alpha value is -3.30. The molecule has 1 saturated carbocycles. The van der Waals surface area contributed by atoms with E-state index in [-0.39, 0.29) is 11.9 Å². The smallest absolute Gasteiger partial charge is 0.335 e. The molecule has 1 amide bonds. The Labute approximate surface area is 221 Å². The molecule has 3 heterocycles. The van der Waals surface area contributed by atoms with Gasteiger partial charge in [0.2, 0.25) is 0 Å². The molecular formula is C28H32N4O4S. The van der Waals surface area contributed by atoms with Crippen LogP contribution in [0, 0.1) is 0 Å². The van der Waals surface area contributed by atoms with Crippen molar-refractivity contribution in [3.63, 3.8) is 0 Å². The summed E-state index contributed by atoms with van der Waals surface area (Å²) >= 11 is 1.21. The lowest BCUT2D eigenvalue weighted by Crippen LogP contribution is -2.21. The third kappa shape index (κ3) is 4.85. The molecule has 3 aromatic rings. The number of hydrogen-bond donors (Lipinski definition) is 1. The molecule has 0 bridgehead atoms. The molecule has 2 aromatic heterocycles. The number of methoxy groups -OCH3 is 2. The zero-order chi connectivity index (χ0) is 26.1. The van der Waals surface area contributed by atoms with Gasteiger partial charge in [0.25, 0.3) is 5.91 Å². The van der Waals surface area contributed by atoms with Gasteiger partial charge in [-0.1, -0.05) is 19.3 Å². The third-order valence-electron chi connectivity index (χ3n) is 7.13. The highest BCUT2D eigenvalue weighted by atomic mass is 32.2. The number of ether oxygens (including phenoxy) is 2. The van der Waals surface area contributed by atoms with Gasteiger partial charge in [-0.2, -0.15) is 0 Å². The van der Waals surface area contributed by atoms with Gasteiger partial charge in [-0.05, 0) is 80.4 Å². The Balaban J connectivity index is 1.76. The van der Waals surface area contributed by atoms with Crippen molar-refractivity contribution in [2.45, 2.75) is 44.6 Å². The lowest BCUT2D eigenvalue weighted by molar-refractivity contribution is -0.136. The number of nitrogens with one attached hydrogen (secondary N) is 1. The fraction of sp³-hybridized carbons (Fsp3) is 0.393. The number of fused-ring (bicyclic) bond motifs is 5. The standard InChI is InChI=1S/C28H32N4O4S/c1-31(2)37-30-27(33)23-13-12-22-24(17-8-6-5-7-9-17)25-21-11-10-20(35-3)15-18(21)14-19(28(34)36-4)16-32(25)26(22)29-23/h10-15,17H,5-9,16H2,1-4H3,(H,30,33). The van der Waals surface area contributed by atoms with E-state index in [1.54, 1.807) is 17.5 Å². The number of aromatic nitrogens is 2. The number of carbonyl (C=O) groups is 2. The van der Waals surface area contributed by atoms with E-state index in [1.165, 1.54) is 44.1 Å². The largest absolute Gasteiger partial charge is 0.497 e. The van der Waals surface area contributed by atoms with Crippen LogP contribution in [0.3, 0.4) is 0 Å². The number of pyridine rings is 1. The maximum Gasteiger partial charge on any atom is 0.335 e. The quantitative estimate of drug-likeness (QED) is 0.354. The summed E-state index contributed by atoms with van der Waals surface area (Å²) in [6.45, 7) is 0.298. The monoisotopic (exact) mass is 520 g/mol. The zero-order valence-corrected chi connectivity index (χ0v) is 22.5. The molecule has 1 N–H and O–H groups in total. The lowest BCUT2D eigenvalue weighted by atomic mass is 9.81. The molecule has 9 heteroatoms. The summed E-state index contributed by atoms with van der Waals surface area (Å²) in [6.07, 6.45) is 7.73. The van der Waals surface area contributed by atoms with E-state index >= 15 is 0 Å². The van der Waals surface area contributed by atoms with Gasteiger partial charge in [0.05, 0.1) is 32.0 Å². The first-order valence-electron chi connectivity index (χ1n) is 12.6. The van der Waals surface area contributed by atoms with Crippen LogP contribution < -0.4 is 9.46 Å². The summed E-state index contributed by atoms with van der Waals surface area (Å²) in [6, 6.07) is 9.79. The molecular weight excluding hydrogens is 488 g/mol. The summed E-state index contributed by atoms with van der Waals surface area (Å²) in [5.41, 5.74) is 5.79. The fourth-order valence-corrected chi connectivity index (χ4v) is 5.83. The van der Waals surface area contributed by atoms with E-state index in [0.29, 0.717) is 29.4 Å². The summed E-state index contributed by atoms with van der Waals surface area (Å²) in [5.74, 6) is 0.447. The predicted molar refractivity (Wildman–Crippen MR) is 146 cm³/mol. The first kappa shape index (κ1) is 25.4.